The number of esters is 1. The van der Waals surface area contributed by atoms with Gasteiger partial charge in [-0.25, -0.2) is 4.79 Å². The first-order valence-corrected chi connectivity index (χ1v) is 10.6. The maximum atomic E-state index is 12.8. The van der Waals surface area contributed by atoms with Crippen molar-refractivity contribution in [2.24, 2.45) is 0 Å². The van der Waals surface area contributed by atoms with Crippen LogP contribution < -0.4 is 5.32 Å². The van der Waals surface area contributed by atoms with Crippen molar-refractivity contribution >= 4 is 39.1 Å². The number of hydrogen-bond donors (Lipinski definition) is 2. The lowest BCUT2D eigenvalue weighted by molar-refractivity contribution is -0.115. The minimum Gasteiger partial charge on any atom is -0.462 e. The molecule has 2 aromatic heterocycles. The molecule has 1 amide bonds. The molecule has 4 rings (SSSR count). The lowest BCUT2D eigenvalue weighted by Gasteiger charge is -2.09. The predicted molar refractivity (Wildman–Crippen MR) is 121 cm³/mol. The van der Waals surface area contributed by atoms with Crippen LogP contribution in [-0.2, 0) is 16.0 Å². The normalized spacial score (nSPS) is 10.9. The fourth-order valence-corrected chi connectivity index (χ4v) is 4.40. The molecule has 0 aliphatic heterocycles. The highest BCUT2D eigenvalue weighted by atomic mass is 32.1. The molecule has 30 heavy (non-hydrogen) atoms. The van der Waals surface area contributed by atoms with Crippen LogP contribution in [0, 0.1) is 6.92 Å². The fourth-order valence-electron chi connectivity index (χ4n) is 3.42. The van der Waals surface area contributed by atoms with E-state index in [-0.39, 0.29) is 18.9 Å². The summed E-state index contributed by atoms with van der Waals surface area (Å²) in [5.74, 6) is -0.612. The highest BCUT2D eigenvalue weighted by Gasteiger charge is 2.23. The molecule has 0 saturated carbocycles. The molecule has 5 nitrogen and oxygen atoms in total. The van der Waals surface area contributed by atoms with Crippen molar-refractivity contribution in [1.29, 1.82) is 0 Å². The van der Waals surface area contributed by atoms with E-state index in [0.29, 0.717) is 10.6 Å². The van der Waals surface area contributed by atoms with E-state index in [0.717, 1.165) is 33.2 Å². The van der Waals surface area contributed by atoms with Gasteiger partial charge < -0.3 is 15.0 Å². The summed E-state index contributed by atoms with van der Waals surface area (Å²) in [5.41, 5.74) is 5.12. The number of thiophene rings is 1. The minimum atomic E-state index is -0.434. The number of ether oxygens (including phenoxy) is 1. The molecule has 0 bridgehead atoms. The number of aromatic amines is 1. The molecule has 0 spiro atoms. The van der Waals surface area contributed by atoms with Gasteiger partial charge in [-0.1, -0.05) is 48.0 Å². The first-order chi connectivity index (χ1) is 14.6. The molecule has 0 unspecified atom stereocenters. The summed E-state index contributed by atoms with van der Waals surface area (Å²) >= 11 is 1.33. The van der Waals surface area contributed by atoms with Gasteiger partial charge in [-0.05, 0) is 31.0 Å². The number of anilines is 1. The lowest BCUT2D eigenvalue weighted by atomic mass is 10.0. The number of H-pyrrole nitrogens is 1. The van der Waals surface area contributed by atoms with Crippen molar-refractivity contribution in [3.05, 3.63) is 76.8 Å². The van der Waals surface area contributed by atoms with Gasteiger partial charge in [0.25, 0.3) is 0 Å². The molecule has 0 atom stereocenters. The lowest BCUT2D eigenvalue weighted by Crippen LogP contribution is -2.16. The number of benzene rings is 2. The van der Waals surface area contributed by atoms with Gasteiger partial charge in [-0.15, -0.1) is 11.3 Å². The Kier molecular flexibility index (Phi) is 5.68. The number of rotatable bonds is 6. The molecule has 0 aliphatic carbocycles. The van der Waals surface area contributed by atoms with Gasteiger partial charge >= 0.3 is 5.97 Å². The Labute approximate surface area is 178 Å². The third kappa shape index (κ3) is 4.00. The van der Waals surface area contributed by atoms with Crippen LogP contribution in [0.1, 0.15) is 28.4 Å². The quantitative estimate of drug-likeness (QED) is 0.403. The molecule has 2 heterocycles. The summed E-state index contributed by atoms with van der Waals surface area (Å²) in [7, 11) is 0. The van der Waals surface area contributed by atoms with E-state index in [9.17, 15) is 9.59 Å². The largest absolute Gasteiger partial charge is 0.462 e. The Morgan fingerprint density at radius 3 is 2.63 bits per heavy atom. The van der Waals surface area contributed by atoms with E-state index in [1.165, 1.54) is 11.3 Å². The van der Waals surface area contributed by atoms with Crippen molar-refractivity contribution < 1.29 is 14.3 Å². The van der Waals surface area contributed by atoms with E-state index in [1.807, 2.05) is 67.0 Å². The molecule has 2 N–H and O–H groups in total. The van der Waals surface area contributed by atoms with E-state index in [1.54, 1.807) is 6.92 Å². The Morgan fingerprint density at radius 2 is 1.87 bits per heavy atom. The van der Waals surface area contributed by atoms with Crippen LogP contribution in [0.4, 0.5) is 5.00 Å². The maximum absolute atomic E-state index is 12.8. The second-order valence-corrected chi connectivity index (χ2v) is 7.90. The standard InChI is InChI=1S/C24H22N2O3S/c1-3-29-24(28)22-19(16-10-8-15(2)9-11-16)14-30-23(22)26-21(27)12-17-13-25-20-7-5-4-6-18(17)20/h4-11,13-14,25H,3,12H2,1-2H3,(H,26,27). The molecule has 2 aromatic carbocycles. The minimum absolute atomic E-state index is 0.178. The van der Waals surface area contributed by atoms with Gasteiger partial charge in [-0.2, -0.15) is 0 Å². The molecule has 0 aliphatic rings. The molecule has 0 saturated heterocycles. The number of carbonyl (C=O) groups excluding carboxylic acids is 2. The van der Waals surface area contributed by atoms with Gasteiger partial charge in [0.2, 0.25) is 5.91 Å². The van der Waals surface area contributed by atoms with Gasteiger partial charge in [0, 0.05) is 28.0 Å². The topological polar surface area (TPSA) is 71.2 Å². The van der Waals surface area contributed by atoms with Crippen LogP contribution in [0.5, 0.6) is 0 Å². The van der Waals surface area contributed by atoms with E-state index in [2.05, 4.69) is 10.3 Å². The SMILES string of the molecule is CCOC(=O)c1c(-c2ccc(C)cc2)csc1NC(=O)Cc1c[nH]c2ccccc12. The molecular formula is C24H22N2O3S. The Balaban J connectivity index is 1.62. The van der Waals surface area contributed by atoms with Gasteiger partial charge in [-0.3, -0.25) is 4.79 Å². The van der Waals surface area contributed by atoms with Crippen molar-refractivity contribution in [3.63, 3.8) is 0 Å². The van der Waals surface area contributed by atoms with E-state index >= 15 is 0 Å². The zero-order chi connectivity index (χ0) is 21.1. The van der Waals surface area contributed by atoms with Crippen molar-refractivity contribution in [2.75, 3.05) is 11.9 Å². The van der Waals surface area contributed by atoms with Crippen LogP contribution in [0.2, 0.25) is 0 Å². The van der Waals surface area contributed by atoms with Crippen molar-refractivity contribution in [1.82, 2.24) is 4.98 Å². The maximum Gasteiger partial charge on any atom is 0.341 e. The number of carbonyl (C=O) groups is 2. The van der Waals surface area contributed by atoms with Crippen LogP contribution in [0.3, 0.4) is 0 Å². The number of para-hydroxylation sites is 1. The van der Waals surface area contributed by atoms with Crippen molar-refractivity contribution in [2.45, 2.75) is 20.3 Å². The average molecular weight is 419 g/mol. The number of fused-ring (bicyclic) bond motifs is 1. The number of amides is 1. The van der Waals surface area contributed by atoms with Gasteiger partial charge in [0.15, 0.2) is 0 Å². The summed E-state index contributed by atoms with van der Waals surface area (Å²) in [6, 6.07) is 15.8. The fraction of sp³-hybridized carbons (Fsp3) is 0.167. The average Bonchev–Trinajstić information content (AvgIpc) is 3.33. The first kappa shape index (κ1) is 19.9. The van der Waals surface area contributed by atoms with Gasteiger partial charge in [0.1, 0.15) is 10.6 Å². The summed E-state index contributed by atoms with van der Waals surface area (Å²) in [4.78, 5) is 28.6. The zero-order valence-electron chi connectivity index (χ0n) is 16.8. The highest BCUT2D eigenvalue weighted by Crippen LogP contribution is 2.36. The van der Waals surface area contributed by atoms with Crippen LogP contribution in [0.25, 0.3) is 22.0 Å². The first-order valence-electron chi connectivity index (χ1n) is 9.77. The third-order valence-electron chi connectivity index (χ3n) is 4.91. The Bertz CT molecular complexity index is 1200. The zero-order valence-corrected chi connectivity index (χ0v) is 17.6. The number of aromatic nitrogens is 1. The smallest absolute Gasteiger partial charge is 0.341 e. The summed E-state index contributed by atoms with van der Waals surface area (Å²) < 4.78 is 5.27. The molecule has 6 heteroatoms. The van der Waals surface area contributed by atoms with Crippen molar-refractivity contribution in [3.8, 4) is 11.1 Å². The highest BCUT2D eigenvalue weighted by molar-refractivity contribution is 7.15. The third-order valence-corrected chi connectivity index (χ3v) is 5.81. The summed E-state index contributed by atoms with van der Waals surface area (Å²) in [5, 5.41) is 6.33. The van der Waals surface area contributed by atoms with Crippen LogP contribution >= 0.6 is 11.3 Å². The second kappa shape index (κ2) is 8.55. The molecular weight excluding hydrogens is 396 g/mol. The predicted octanol–water partition coefficient (Wildman–Crippen LogP) is 5.56. The van der Waals surface area contributed by atoms with E-state index in [4.69, 9.17) is 4.74 Å². The van der Waals surface area contributed by atoms with Crippen LogP contribution in [0.15, 0.2) is 60.1 Å². The number of hydrogen-bond acceptors (Lipinski definition) is 4. The molecule has 4 aromatic rings. The van der Waals surface area contributed by atoms with E-state index < -0.39 is 5.97 Å². The molecule has 0 radical (unpaired) electrons. The Morgan fingerprint density at radius 1 is 1.10 bits per heavy atom. The van der Waals surface area contributed by atoms with Crippen LogP contribution in [-0.4, -0.2) is 23.5 Å². The number of aryl methyl sites for hydroxylation is 1. The summed E-state index contributed by atoms with van der Waals surface area (Å²) in [6.45, 7) is 4.05. The monoisotopic (exact) mass is 418 g/mol. The molecule has 152 valence electrons. The molecule has 0 fully saturated rings. The number of nitrogens with one attached hydrogen (secondary N) is 2. The summed E-state index contributed by atoms with van der Waals surface area (Å²) in [6.07, 6.45) is 2.06. The second-order valence-electron chi connectivity index (χ2n) is 7.02. The van der Waals surface area contributed by atoms with Gasteiger partial charge in [0.05, 0.1) is 13.0 Å². The Hall–Kier alpha value is -3.38.